The topological polar surface area (TPSA) is 70.3 Å². The second-order valence-corrected chi connectivity index (χ2v) is 6.70. The summed E-state index contributed by atoms with van der Waals surface area (Å²) in [6.45, 7) is 3.39. The minimum Gasteiger partial charge on any atom is -0.356 e. The summed E-state index contributed by atoms with van der Waals surface area (Å²) < 4.78 is 0. The van der Waals surface area contributed by atoms with Gasteiger partial charge in [0.25, 0.3) is 0 Å². The number of anilines is 2. The minimum absolute atomic E-state index is 0.687. The van der Waals surface area contributed by atoms with Crippen molar-refractivity contribution in [3.63, 3.8) is 0 Å². The molecule has 0 aliphatic carbocycles. The molecular formula is C14H24N6S. The smallest absolute Gasteiger partial charge is 0.191 e. The van der Waals surface area contributed by atoms with Crippen molar-refractivity contribution in [3.05, 3.63) is 6.07 Å². The van der Waals surface area contributed by atoms with Crippen LogP contribution in [0, 0.1) is 5.92 Å². The number of rotatable bonds is 3. The standard InChI is InChI=1S/C14H24N6S/c1-19-6-3-4-10-9-20(7-5-11(10)19)13-8-12(18-15)16-14(17-13)21-2/h8,10-11H,3-7,9,15H2,1-2H3,(H,16,17,18). The second kappa shape index (κ2) is 6.37. The lowest BCUT2D eigenvalue weighted by Gasteiger charge is -2.46. The zero-order valence-corrected chi connectivity index (χ0v) is 13.6. The molecule has 2 saturated heterocycles. The van der Waals surface area contributed by atoms with E-state index in [1.807, 2.05) is 12.3 Å². The van der Waals surface area contributed by atoms with E-state index in [4.69, 9.17) is 5.84 Å². The van der Waals surface area contributed by atoms with Gasteiger partial charge in [0.2, 0.25) is 0 Å². The molecule has 2 fully saturated rings. The Hall–Kier alpha value is -1.05. The van der Waals surface area contributed by atoms with Crippen LogP contribution in [0.3, 0.4) is 0 Å². The van der Waals surface area contributed by atoms with Gasteiger partial charge in [-0.05, 0) is 45.0 Å². The van der Waals surface area contributed by atoms with Gasteiger partial charge in [0.15, 0.2) is 5.16 Å². The van der Waals surface area contributed by atoms with Gasteiger partial charge in [0.1, 0.15) is 11.6 Å². The summed E-state index contributed by atoms with van der Waals surface area (Å²) in [7, 11) is 2.26. The van der Waals surface area contributed by atoms with Crippen LogP contribution in [0.5, 0.6) is 0 Å². The monoisotopic (exact) mass is 308 g/mol. The van der Waals surface area contributed by atoms with Crippen molar-refractivity contribution < 1.29 is 0 Å². The predicted molar refractivity (Wildman–Crippen MR) is 87.6 cm³/mol. The molecule has 0 saturated carbocycles. The van der Waals surface area contributed by atoms with Crippen LogP contribution in [0.25, 0.3) is 0 Å². The Morgan fingerprint density at radius 2 is 2.19 bits per heavy atom. The average molecular weight is 308 g/mol. The maximum Gasteiger partial charge on any atom is 0.191 e. The molecule has 0 aromatic carbocycles. The molecule has 1 aromatic rings. The Labute approximate surface area is 130 Å². The molecule has 2 unspecified atom stereocenters. The lowest BCUT2D eigenvalue weighted by molar-refractivity contribution is 0.102. The molecule has 0 bridgehead atoms. The van der Waals surface area contributed by atoms with E-state index in [1.165, 1.54) is 25.8 Å². The number of nitrogens with two attached hydrogens (primary N) is 1. The van der Waals surface area contributed by atoms with E-state index in [0.717, 1.165) is 36.0 Å². The summed E-state index contributed by atoms with van der Waals surface area (Å²) in [5, 5.41) is 0.767. The van der Waals surface area contributed by atoms with Gasteiger partial charge in [-0.3, -0.25) is 0 Å². The van der Waals surface area contributed by atoms with Gasteiger partial charge in [0, 0.05) is 25.2 Å². The maximum absolute atomic E-state index is 5.52. The van der Waals surface area contributed by atoms with E-state index in [-0.39, 0.29) is 0 Å². The highest BCUT2D eigenvalue weighted by atomic mass is 32.2. The van der Waals surface area contributed by atoms with Gasteiger partial charge in [-0.15, -0.1) is 0 Å². The molecular weight excluding hydrogens is 284 g/mol. The first-order valence-electron chi connectivity index (χ1n) is 7.56. The van der Waals surface area contributed by atoms with Gasteiger partial charge < -0.3 is 15.2 Å². The first-order chi connectivity index (χ1) is 10.2. The van der Waals surface area contributed by atoms with E-state index in [0.29, 0.717) is 5.82 Å². The fourth-order valence-electron chi connectivity index (χ4n) is 3.60. The summed E-state index contributed by atoms with van der Waals surface area (Å²) in [6, 6.07) is 2.69. The van der Waals surface area contributed by atoms with Crippen LogP contribution in [0.1, 0.15) is 19.3 Å². The quantitative estimate of drug-likeness (QED) is 0.378. The van der Waals surface area contributed by atoms with E-state index in [1.54, 1.807) is 11.8 Å². The molecule has 0 radical (unpaired) electrons. The number of fused-ring (bicyclic) bond motifs is 1. The Kier molecular flexibility index (Phi) is 4.51. The molecule has 7 heteroatoms. The van der Waals surface area contributed by atoms with Crippen molar-refractivity contribution in [1.29, 1.82) is 0 Å². The van der Waals surface area contributed by atoms with Crippen LogP contribution < -0.4 is 16.2 Å². The predicted octanol–water partition coefficient (Wildman–Crippen LogP) is 1.40. The SMILES string of the molecule is CSc1nc(NN)cc(N2CCC3C(CCCN3C)C2)n1. The number of nitrogens with zero attached hydrogens (tertiary/aromatic N) is 4. The van der Waals surface area contributed by atoms with Gasteiger partial charge in [-0.2, -0.15) is 0 Å². The third-order valence-electron chi connectivity index (χ3n) is 4.69. The number of piperidine rings is 2. The van der Waals surface area contributed by atoms with Crippen molar-refractivity contribution in [2.75, 3.05) is 43.3 Å². The highest BCUT2D eigenvalue weighted by Crippen LogP contribution is 2.32. The normalized spacial score (nSPS) is 26.5. The van der Waals surface area contributed by atoms with Crippen LogP contribution in [0.4, 0.5) is 11.6 Å². The third-order valence-corrected chi connectivity index (χ3v) is 5.24. The largest absolute Gasteiger partial charge is 0.356 e. The van der Waals surface area contributed by atoms with Crippen molar-refractivity contribution in [3.8, 4) is 0 Å². The van der Waals surface area contributed by atoms with Crippen molar-refractivity contribution >= 4 is 23.4 Å². The molecule has 3 heterocycles. The van der Waals surface area contributed by atoms with Gasteiger partial charge in [-0.25, -0.2) is 15.8 Å². The van der Waals surface area contributed by atoms with Crippen LogP contribution in [-0.4, -0.2) is 53.8 Å². The molecule has 21 heavy (non-hydrogen) atoms. The molecule has 0 amide bonds. The summed E-state index contributed by atoms with van der Waals surface area (Å²) in [5.74, 6) is 7.95. The van der Waals surface area contributed by atoms with Crippen LogP contribution >= 0.6 is 11.8 Å². The molecule has 116 valence electrons. The Balaban J connectivity index is 1.78. The number of nitrogen functional groups attached to an aromatic ring is 1. The summed E-state index contributed by atoms with van der Waals surface area (Å²) in [4.78, 5) is 13.9. The minimum atomic E-state index is 0.687. The molecule has 3 N–H and O–H groups in total. The highest BCUT2D eigenvalue weighted by molar-refractivity contribution is 7.98. The Morgan fingerprint density at radius 1 is 1.33 bits per heavy atom. The Morgan fingerprint density at radius 3 is 2.95 bits per heavy atom. The van der Waals surface area contributed by atoms with E-state index in [9.17, 15) is 0 Å². The summed E-state index contributed by atoms with van der Waals surface area (Å²) in [5.41, 5.74) is 2.65. The number of thioether (sulfide) groups is 1. The zero-order chi connectivity index (χ0) is 14.8. The number of hydrogen-bond donors (Lipinski definition) is 2. The van der Waals surface area contributed by atoms with E-state index >= 15 is 0 Å². The zero-order valence-electron chi connectivity index (χ0n) is 12.7. The number of hydrazine groups is 1. The van der Waals surface area contributed by atoms with Crippen molar-refractivity contribution in [2.24, 2.45) is 11.8 Å². The van der Waals surface area contributed by atoms with E-state index in [2.05, 4.69) is 32.2 Å². The number of nitrogens with one attached hydrogen (secondary N) is 1. The maximum atomic E-state index is 5.52. The molecule has 2 aliphatic heterocycles. The number of likely N-dealkylation sites (tertiary alicyclic amines) is 1. The second-order valence-electron chi connectivity index (χ2n) is 5.93. The fourth-order valence-corrected chi connectivity index (χ4v) is 3.98. The molecule has 0 spiro atoms. The molecule has 6 nitrogen and oxygen atoms in total. The van der Waals surface area contributed by atoms with Crippen LogP contribution in [-0.2, 0) is 0 Å². The first-order valence-corrected chi connectivity index (χ1v) is 8.78. The molecule has 1 aromatic heterocycles. The molecule has 2 atom stereocenters. The van der Waals surface area contributed by atoms with Crippen molar-refractivity contribution in [1.82, 2.24) is 14.9 Å². The lowest BCUT2D eigenvalue weighted by atomic mass is 9.84. The van der Waals surface area contributed by atoms with Crippen LogP contribution in [0.2, 0.25) is 0 Å². The lowest BCUT2D eigenvalue weighted by Crippen LogP contribution is -2.52. The Bertz CT molecular complexity index is 474. The first kappa shape index (κ1) is 14.9. The molecule has 3 rings (SSSR count). The summed E-state index contributed by atoms with van der Waals surface area (Å²) >= 11 is 1.55. The van der Waals surface area contributed by atoms with Crippen LogP contribution in [0.15, 0.2) is 11.2 Å². The van der Waals surface area contributed by atoms with Gasteiger partial charge in [-0.1, -0.05) is 11.8 Å². The number of aromatic nitrogens is 2. The highest BCUT2D eigenvalue weighted by Gasteiger charge is 2.34. The van der Waals surface area contributed by atoms with E-state index < -0.39 is 0 Å². The van der Waals surface area contributed by atoms with Gasteiger partial charge in [0.05, 0.1) is 0 Å². The average Bonchev–Trinajstić information content (AvgIpc) is 2.54. The molecule has 2 aliphatic rings. The van der Waals surface area contributed by atoms with Crippen molar-refractivity contribution in [2.45, 2.75) is 30.5 Å². The number of hydrogen-bond acceptors (Lipinski definition) is 7. The third kappa shape index (κ3) is 3.09. The van der Waals surface area contributed by atoms with Gasteiger partial charge >= 0.3 is 0 Å². The fraction of sp³-hybridized carbons (Fsp3) is 0.714. The summed E-state index contributed by atoms with van der Waals surface area (Å²) in [6.07, 6.45) is 5.84.